The number of hydrogen-bond acceptors (Lipinski definition) is 2. The van der Waals surface area contributed by atoms with Gasteiger partial charge in [0.1, 0.15) is 0 Å². The minimum absolute atomic E-state index is 0.216. The minimum Gasteiger partial charge on any atom is -0.392 e. The molecule has 0 heterocycles. The fraction of sp³-hybridized carbons (Fsp3) is 1.00. The topological polar surface area (TPSA) is 32.3 Å². The fourth-order valence-corrected chi connectivity index (χ4v) is 1.56. The van der Waals surface area contributed by atoms with Gasteiger partial charge < -0.3 is 10.4 Å². The van der Waals surface area contributed by atoms with Crippen molar-refractivity contribution in [2.24, 2.45) is 5.41 Å². The third kappa shape index (κ3) is 2.17. The molecule has 0 aromatic rings. The average molecular weight is 157 g/mol. The van der Waals surface area contributed by atoms with Crippen LogP contribution in [0, 0.1) is 5.41 Å². The molecule has 0 amide bonds. The van der Waals surface area contributed by atoms with Gasteiger partial charge in [0.25, 0.3) is 0 Å². The molecule has 0 aromatic carbocycles. The Bertz CT molecular complexity index is 132. The molecular formula is C9H19NO. The molecule has 2 heteroatoms. The third-order valence-corrected chi connectivity index (χ3v) is 2.68. The van der Waals surface area contributed by atoms with Gasteiger partial charge in [-0.2, -0.15) is 0 Å². The summed E-state index contributed by atoms with van der Waals surface area (Å²) >= 11 is 0. The van der Waals surface area contributed by atoms with E-state index in [4.69, 9.17) is 5.11 Å². The molecule has 0 radical (unpaired) electrons. The Balaban J connectivity index is 2.18. The molecule has 2 atom stereocenters. The summed E-state index contributed by atoms with van der Waals surface area (Å²) in [5.41, 5.74) is 0.453. The molecule has 66 valence electrons. The van der Waals surface area contributed by atoms with Crippen molar-refractivity contribution in [2.75, 3.05) is 6.54 Å². The molecule has 0 aliphatic heterocycles. The maximum absolute atomic E-state index is 9.03. The standard InChI is InChI=1S/C9H19NO/c1-7(11)6-10-8-4-5-9(8,2)3/h7-8,10-11H,4-6H2,1-3H3. The smallest absolute Gasteiger partial charge is 0.0636 e. The second kappa shape index (κ2) is 3.11. The molecule has 0 bridgehead atoms. The molecule has 1 aliphatic rings. The summed E-state index contributed by atoms with van der Waals surface area (Å²) in [6.07, 6.45) is 2.36. The van der Waals surface area contributed by atoms with E-state index in [0.717, 1.165) is 6.54 Å². The molecule has 0 aromatic heterocycles. The van der Waals surface area contributed by atoms with E-state index in [1.165, 1.54) is 12.8 Å². The zero-order valence-corrected chi connectivity index (χ0v) is 7.72. The lowest BCUT2D eigenvalue weighted by molar-refractivity contribution is 0.0911. The highest BCUT2D eigenvalue weighted by molar-refractivity contribution is 4.94. The largest absolute Gasteiger partial charge is 0.392 e. The summed E-state index contributed by atoms with van der Waals surface area (Å²) in [6.45, 7) is 7.10. The van der Waals surface area contributed by atoms with Crippen molar-refractivity contribution in [2.45, 2.75) is 45.8 Å². The van der Waals surface area contributed by atoms with Gasteiger partial charge in [0.05, 0.1) is 6.10 Å². The van der Waals surface area contributed by atoms with Gasteiger partial charge in [-0.3, -0.25) is 0 Å². The van der Waals surface area contributed by atoms with E-state index in [-0.39, 0.29) is 6.10 Å². The summed E-state index contributed by atoms with van der Waals surface area (Å²) in [5, 5.41) is 12.4. The molecule has 0 spiro atoms. The Kier molecular flexibility index (Phi) is 2.55. The van der Waals surface area contributed by atoms with Crippen LogP contribution >= 0.6 is 0 Å². The van der Waals surface area contributed by atoms with Gasteiger partial charge in [-0.1, -0.05) is 13.8 Å². The van der Waals surface area contributed by atoms with Gasteiger partial charge in [-0.05, 0) is 25.2 Å². The van der Waals surface area contributed by atoms with Gasteiger partial charge in [0.2, 0.25) is 0 Å². The van der Waals surface area contributed by atoms with Crippen molar-refractivity contribution < 1.29 is 5.11 Å². The van der Waals surface area contributed by atoms with Crippen LogP contribution in [0.15, 0.2) is 0 Å². The minimum atomic E-state index is -0.216. The Labute approximate surface area is 69.0 Å². The summed E-state index contributed by atoms with van der Waals surface area (Å²) in [7, 11) is 0. The van der Waals surface area contributed by atoms with Gasteiger partial charge in [-0.15, -0.1) is 0 Å². The summed E-state index contributed by atoms with van der Waals surface area (Å²) in [5.74, 6) is 0. The van der Waals surface area contributed by atoms with E-state index in [9.17, 15) is 0 Å². The Morgan fingerprint density at radius 3 is 2.55 bits per heavy atom. The predicted octanol–water partition coefficient (Wildman–Crippen LogP) is 1.15. The van der Waals surface area contributed by atoms with Crippen LogP contribution in [-0.4, -0.2) is 23.8 Å². The van der Waals surface area contributed by atoms with Crippen molar-refractivity contribution in [3.05, 3.63) is 0 Å². The highest BCUT2D eigenvalue weighted by atomic mass is 16.3. The maximum Gasteiger partial charge on any atom is 0.0636 e. The van der Waals surface area contributed by atoms with Crippen LogP contribution < -0.4 is 5.32 Å². The van der Waals surface area contributed by atoms with Gasteiger partial charge in [0, 0.05) is 12.6 Å². The summed E-state index contributed by atoms with van der Waals surface area (Å²) in [4.78, 5) is 0. The molecule has 1 rings (SSSR count). The second-order valence-corrected chi connectivity index (χ2v) is 4.34. The van der Waals surface area contributed by atoms with Crippen molar-refractivity contribution in [3.63, 3.8) is 0 Å². The fourth-order valence-electron chi connectivity index (χ4n) is 1.56. The van der Waals surface area contributed by atoms with Crippen molar-refractivity contribution in [1.82, 2.24) is 5.32 Å². The normalized spacial score (nSPS) is 31.1. The van der Waals surface area contributed by atoms with Crippen LogP contribution in [0.2, 0.25) is 0 Å². The highest BCUT2D eigenvalue weighted by Crippen LogP contribution is 2.39. The summed E-state index contributed by atoms with van der Waals surface area (Å²) < 4.78 is 0. The quantitative estimate of drug-likeness (QED) is 0.644. The SMILES string of the molecule is CC(O)CNC1CCC1(C)C. The third-order valence-electron chi connectivity index (χ3n) is 2.68. The van der Waals surface area contributed by atoms with Crippen molar-refractivity contribution in [1.29, 1.82) is 0 Å². The molecule has 0 saturated heterocycles. The highest BCUT2D eigenvalue weighted by Gasteiger charge is 2.37. The van der Waals surface area contributed by atoms with Gasteiger partial charge in [0.15, 0.2) is 0 Å². The van der Waals surface area contributed by atoms with Crippen LogP contribution in [0.3, 0.4) is 0 Å². The van der Waals surface area contributed by atoms with Gasteiger partial charge in [-0.25, -0.2) is 0 Å². The predicted molar refractivity (Wildman–Crippen MR) is 46.5 cm³/mol. The number of hydrogen-bond donors (Lipinski definition) is 2. The number of nitrogens with one attached hydrogen (secondary N) is 1. The second-order valence-electron chi connectivity index (χ2n) is 4.34. The van der Waals surface area contributed by atoms with E-state index in [1.54, 1.807) is 0 Å². The number of aliphatic hydroxyl groups is 1. The lowest BCUT2D eigenvalue weighted by Gasteiger charge is -2.45. The van der Waals surface area contributed by atoms with Crippen LogP contribution in [0.5, 0.6) is 0 Å². The molecule has 11 heavy (non-hydrogen) atoms. The molecule has 1 aliphatic carbocycles. The first kappa shape index (κ1) is 9.01. The van der Waals surface area contributed by atoms with Crippen molar-refractivity contribution in [3.8, 4) is 0 Å². The van der Waals surface area contributed by atoms with E-state index in [0.29, 0.717) is 11.5 Å². The molecule has 2 nitrogen and oxygen atoms in total. The monoisotopic (exact) mass is 157 g/mol. The lowest BCUT2D eigenvalue weighted by Crippen LogP contribution is -2.51. The first-order chi connectivity index (χ1) is 5.02. The van der Waals surface area contributed by atoms with Crippen LogP contribution in [0.25, 0.3) is 0 Å². The van der Waals surface area contributed by atoms with E-state index >= 15 is 0 Å². The first-order valence-corrected chi connectivity index (χ1v) is 4.44. The molecular weight excluding hydrogens is 138 g/mol. The van der Waals surface area contributed by atoms with Gasteiger partial charge >= 0.3 is 0 Å². The maximum atomic E-state index is 9.03. The van der Waals surface area contributed by atoms with Crippen LogP contribution in [-0.2, 0) is 0 Å². The Morgan fingerprint density at radius 2 is 2.27 bits per heavy atom. The number of rotatable bonds is 3. The Morgan fingerprint density at radius 1 is 1.64 bits per heavy atom. The summed E-state index contributed by atoms with van der Waals surface area (Å²) in [6, 6.07) is 0.622. The van der Waals surface area contributed by atoms with Crippen LogP contribution in [0.4, 0.5) is 0 Å². The number of aliphatic hydroxyl groups excluding tert-OH is 1. The first-order valence-electron chi connectivity index (χ1n) is 4.44. The zero-order chi connectivity index (χ0) is 8.48. The molecule has 1 fully saturated rings. The van der Waals surface area contributed by atoms with E-state index in [2.05, 4.69) is 19.2 Å². The average Bonchev–Trinajstić information content (AvgIpc) is 1.85. The lowest BCUT2D eigenvalue weighted by atomic mass is 9.67. The van der Waals surface area contributed by atoms with Crippen molar-refractivity contribution >= 4 is 0 Å². The molecule has 2 unspecified atom stereocenters. The Hall–Kier alpha value is -0.0800. The van der Waals surface area contributed by atoms with E-state index in [1.807, 2.05) is 6.92 Å². The molecule has 1 saturated carbocycles. The van der Waals surface area contributed by atoms with Crippen LogP contribution in [0.1, 0.15) is 33.6 Å². The molecule has 2 N–H and O–H groups in total. The zero-order valence-electron chi connectivity index (χ0n) is 7.72. The van der Waals surface area contributed by atoms with E-state index < -0.39 is 0 Å².